The summed E-state index contributed by atoms with van der Waals surface area (Å²) in [7, 11) is 0. The third-order valence-electron chi connectivity index (χ3n) is 3.45. The molecular formula is C14H22N2O2S2. The molecule has 20 heavy (non-hydrogen) atoms. The van der Waals surface area contributed by atoms with Crippen molar-refractivity contribution in [3.63, 3.8) is 0 Å². The van der Waals surface area contributed by atoms with Gasteiger partial charge < -0.3 is 15.7 Å². The summed E-state index contributed by atoms with van der Waals surface area (Å²) in [5.74, 6) is 1.14. The molecule has 0 aromatic carbocycles. The van der Waals surface area contributed by atoms with E-state index < -0.39 is 6.10 Å². The van der Waals surface area contributed by atoms with Gasteiger partial charge in [-0.1, -0.05) is 13.0 Å². The lowest BCUT2D eigenvalue weighted by Gasteiger charge is -2.15. The second-order valence-corrected chi connectivity index (χ2v) is 7.53. The Hall–Kier alpha value is -0.720. The van der Waals surface area contributed by atoms with Crippen LogP contribution in [-0.2, 0) is 0 Å². The lowest BCUT2D eigenvalue weighted by molar-refractivity contribution is 0.176. The van der Waals surface area contributed by atoms with Crippen molar-refractivity contribution < 1.29 is 9.90 Å². The van der Waals surface area contributed by atoms with E-state index in [4.69, 9.17) is 0 Å². The molecule has 0 saturated heterocycles. The SMILES string of the molecule is CCS[C@@H]1CC[C@@H](NC(=O)NC[C@H](O)c2cccs2)C1. The van der Waals surface area contributed by atoms with Crippen molar-refractivity contribution in [1.29, 1.82) is 0 Å². The van der Waals surface area contributed by atoms with Gasteiger partial charge in [-0.15, -0.1) is 11.3 Å². The van der Waals surface area contributed by atoms with E-state index in [1.165, 1.54) is 17.8 Å². The van der Waals surface area contributed by atoms with Crippen LogP contribution in [0.2, 0.25) is 0 Å². The first-order valence-corrected chi connectivity index (χ1v) is 8.99. The minimum Gasteiger partial charge on any atom is -0.386 e. The predicted octanol–water partition coefficient (Wildman–Crippen LogP) is 2.75. The van der Waals surface area contributed by atoms with Crippen LogP contribution in [0.1, 0.15) is 37.2 Å². The third kappa shape index (κ3) is 4.68. The number of carbonyl (C=O) groups is 1. The summed E-state index contributed by atoms with van der Waals surface area (Å²) in [5, 5.41) is 18.2. The van der Waals surface area contributed by atoms with Crippen molar-refractivity contribution in [2.45, 2.75) is 43.6 Å². The van der Waals surface area contributed by atoms with Crippen molar-refractivity contribution in [3.05, 3.63) is 22.4 Å². The molecule has 0 radical (unpaired) electrons. The maximum Gasteiger partial charge on any atom is 0.315 e. The molecule has 1 aromatic rings. The highest BCUT2D eigenvalue weighted by Crippen LogP contribution is 2.29. The molecule has 2 amide bonds. The van der Waals surface area contributed by atoms with Crippen molar-refractivity contribution in [2.24, 2.45) is 0 Å². The summed E-state index contributed by atoms with van der Waals surface area (Å²) in [5.41, 5.74) is 0. The third-order valence-corrected chi connectivity index (χ3v) is 5.66. The fourth-order valence-corrected chi connectivity index (χ4v) is 4.32. The smallest absolute Gasteiger partial charge is 0.315 e. The van der Waals surface area contributed by atoms with Gasteiger partial charge >= 0.3 is 6.03 Å². The highest BCUT2D eigenvalue weighted by atomic mass is 32.2. The van der Waals surface area contributed by atoms with E-state index in [9.17, 15) is 9.90 Å². The van der Waals surface area contributed by atoms with Crippen molar-refractivity contribution >= 4 is 29.1 Å². The lowest BCUT2D eigenvalue weighted by atomic mass is 10.2. The molecule has 0 spiro atoms. The zero-order valence-electron chi connectivity index (χ0n) is 11.7. The Kier molecular flexibility index (Phi) is 6.19. The molecule has 2 rings (SSSR count). The normalized spacial score (nSPS) is 23.5. The number of urea groups is 1. The first kappa shape index (κ1) is 15.7. The van der Waals surface area contributed by atoms with Gasteiger partial charge in [0, 0.05) is 16.2 Å². The average molecular weight is 314 g/mol. The monoisotopic (exact) mass is 314 g/mol. The van der Waals surface area contributed by atoms with Gasteiger partial charge in [0.05, 0.1) is 6.54 Å². The topological polar surface area (TPSA) is 61.4 Å². The molecule has 6 heteroatoms. The minimum absolute atomic E-state index is 0.173. The Labute approximate surface area is 128 Å². The highest BCUT2D eigenvalue weighted by molar-refractivity contribution is 7.99. The van der Waals surface area contributed by atoms with Gasteiger partial charge in [-0.2, -0.15) is 11.8 Å². The van der Waals surface area contributed by atoms with Crippen LogP contribution in [0.25, 0.3) is 0 Å². The number of thiophene rings is 1. The van der Waals surface area contributed by atoms with Crippen LogP contribution in [-0.4, -0.2) is 34.7 Å². The standard InChI is InChI=1S/C14H22N2O2S2/c1-2-19-11-6-5-10(8-11)16-14(18)15-9-12(17)13-4-3-7-20-13/h3-4,7,10-12,17H,2,5-6,8-9H2,1H3,(H2,15,16,18)/t10-,11-,12+/m1/s1. The van der Waals surface area contributed by atoms with Gasteiger partial charge in [0.15, 0.2) is 0 Å². The molecule has 4 nitrogen and oxygen atoms in total. The van der Waals surface area contributed by atoms with E-state index in [1.807, 2.05) is 29.3 Å². The van der Waals surface area contributed by atoms with Crippen LogP contribution >= 0.6 is 23.1 Å². The molecule has 112 valence electrons. The summed E-state index contributed by atoms with van der Waals surface area (Å²) >= 11 is 3.47. The summed E-state index contributed by atoms with van der Waals surface area (Å²) in [6, 6.07) is 3.87. The second kappa shape index (κ2) is 7.90. The number of aliphatic hydroxyl groups excluding tert-OH is 1. The molecule has 1 saturated carbocycles. The summed E-state index contributed by atoms with van der Waals surface area (Å²) in [4.78, 5) is 12.7. The zero-order valence-corrected chi connectivity index (χ0v) is 13.3. The molecule has 3 N–H and O–H groups in total. The lowest BCUT2D eigenvalue weighted by Crippen LogP contribution is -2.42. The van der Waals surface area contributed by atoms with Crippen LogP contribution in [0.4, 0.5) is 4.79 Å². The van der Waals surface area contributed by atoms with Gasteiger partial charge in [-0.25, -0.2) is 4.79 Å². The van der Waals surface area contributed by atoms with Crippen LogP contribution in [0.5, 0.6) is 0 Å². The second-order valence-electron chi connectivity index (χ2n) is 4.97. The van der Waals surface area contributed by atoms with Crippen molar-refractivity contribution in [2.75, 3.05) is 12.3 Å². The first-order valence-electron chi connectivity index (χ1n) is 7.06. The number of rotatable bonds is 6. The molecule has 0 bridgehead atoms. The predicted molar refractivity (Wildman–Crippen MR) is 85.4 cm³/mol. The summed E-state index contributed by atoms with van der Waals surface area (Å²) in [6.45, 7) is 2.43. The molecule has 1 heterocycles. The van der Waals surface area contributed by atoms with E-state index >= 15 is 0 Å². The van der Waals surface area contributed by atoms with E-state index in [2.05, 4.69) is 17.6 Å². The molecule has 3 atom stereocenters. The quantitative estimate of drug-likeness (QED) is 0.756. The van der Waals surface area contributed by atoms with Crippen LogP contribution < -0.4 is 10.6 Å². The maximum absolute atomic E-state index is 11.8. The number of nitrogens with one attached hydrogen (secondary N) is 2. The van der Waals surface area contributed by atoms with Crippen LogP contribution in [0.15, 0.2) is 17.5 Å². The Bertz CT molecular complexity index is 411. The molecule has 1 aliphatic carbocycles. The van der Waals surface area contributed by atoms with Crippen LogP contribution in [0, 0.1) is 0 Å². The van der Waals surface area contributed by atoms with Gasteiger partial charge in [0.2, 0.25) is 0 Å². The minimum atomic E-state index is -0.618. The largest absolute Gasteiger partial charge is 0.386 e. The van der Waals surface area contributed by atoms with Gasteiger partial charge in [-0.3, -0.25) is 0 Å². The Morgan fingerprint density at radius 1 is 1.60 bits per heavy atom. The first-order chi connectivity index (χ1) is 9.69. The fraction of sp³-hybridized carbons (Fsp3) is 0.643. The average Bonchev–Trinajstić information content (AvgIpc) is 3.08. The Balaban J connectivity index is 1.66. The molecule has 0 aliphatic heterocycles. The van der Waals surface area contributed by atoms with Crippen molar-refractivity contribution in [3.8, 4) is 0 Å². The van der Waals surface area contributed by atoms with Gasteiger partial charge in [-0.05, 0) is 36.5 Å². The molecule has 1 aliphatic rings. The van der Waals surface area contributed by atoms with Gasteiger partial charge in [0.25, 0.3) is 0 Å². The number of carbonyl (C=O) groups excluding carboxylic acids is 1. The van der Waals surface area contributed by atoms with E-state index in [0.717, 1.165) is 23.5 Å². The summed E-state index contributed by atoms with van der Waals surface area (Å²) < 4.78 is 0. The highest BCUT2D eigenvalue weighted by Gasteiger charge is 2.25. The van der Waals surface area contributed by atoms with Crippen molar-refractivity contribution in [1.82, 2.24) is 10.6 Å². The number of aliphatic hydroxyl groups is 1. The van der Waals surface area contributed by atoms with E-state index in [0.29, 0.717) is 5.25 Å². The van der Waals surface area contributed by atoms with E-state index in [1.54, 1.807) is 0 Å². The fourth-order valence-electron chi connectivity index (χ4n) is 2.47. The van der Waals surface area contributed by atoms with Gasteiger partial charge in [0.1, 0.15) is 6.10 Å². The number of amides is 2. The maximum atomic E-state index is 11.8. The summed E-state index contributed by atoms with van der Waals surface area (Å²) in [6.07, 6.45) is 2.67. The number of hydrogen-bond acceptors (Lipinski definition) is 4. The number of hydrogen-bond donors (Lipinski definition) is 3. The Morgan fingerprint density at radius 3 is 3.15 bits per heavy atom. The molecule has 0 unspecified atom stereocenters. The molecular weight excluding hydrogens is 292 g/mol. The Morgan fingerprint density at radius 2 is 2.45 bits per heavy atom. The molecule has 1 aromatic heterocycles. The van der Waals surface area contributed by atoms with Crippen LogP contribution in [0.3, 0.4) is 0 Å². The zero-order chi connectivity index (χ0) is 14.4. The number of thioether (sulfide) groups is 1. The van der Waals surface area contributed by atoms with E-state index in [-0.39, 0.29) is 18.6 Å². The molecule has 1 fully saturated rings.